The Morgan fingerprint density at radius 2 is 2.00 bits per heavy atom. The molecule has 0 saturated heterocycles. The Kier molecular flexibility index (Phi) is 5.46. The van der Waals surface area contributed by atoms with E-state index in [4.69, 9.17) is 4.74 Å². The minimum absolute atomic E-state index is 0.0675. The molecular formula is C9H22N2O. The third-order valence-electron chi connectivity index (χ3n) is 1.94. The van der Waals surface area contributed by atoms with E-state index in [9.17, 15) is 0 Å². The molecule has 3 heteroatoms. The highest BCUT2D eigenvalue weighted by molar-refractivity contribution is 4.74. The second-order valence-corrected chi connectivity index (χ2v) is 3.80. The van der Waals surface area contributed by atoms with Gasteiger partial charge < -0.3 is 15.4 Å². The minimum atomic E-state index is -0.0675. The largest absolute Gasteiger partial charge is 0.377 e. The number of nitrogens with one attached hydrogen (secondary N) is 2. The Hall–Kier alpha value is -0.120. The van der Waals surface area contributed by atoms with Crippen LogP contribution in [0.3, 0.4) is 0 Å². The van der Waals surface area contributed by atoms with Gasteiger partial charge in [-0.1, -0.05) is 0 Å². The Bertz CT molecular complexity index is 115. The number of rotatable bonds is 6. The smallest absolute Gasteiger partial charge is 0.0746 e. The van der Waals surface area contributed by atoms with E-state index in [0.29, 0.717) is 6.04 Å². The average molecular weight is 174 g/mol. The monoisotopic (exact) mass is 174 g/mol. The first kappa shape index (κ1) is 11.9. The van der Waals surface area contributed by atoms with Crippen molar-refractivity contribution < 1.29 is 4.74 Å². The van der Waals surface area contributed by atoms with Crippen LogP contribution in [0.1, 0.15) is 20.8 Å². The van der Waals surface area contributed by atoms with Gasteiger partial charge in [-0.25, -0.2) is 0 Å². The lowest BCUT2D eigenvalue weighted by molar-refractivity contribution is 0.0215. The molecule has 1 atom stereocenters. The molecule has 0 fully saturated rings. The number of methoxy groups -OCH3 is 1. The first-order chi connectivity index (χ1) is 5.52. The van der Waals surface area contributed by atoms with E-state index in [1.165, 1.54) is 0 Å². The summed E-state index contributed by atoms with van der Waals surface area (Å²) < 4.78 is 5.28. The van der Waals surface area contributed by atoms with Gasteiger partial charge in [-0.05, 0) is 27.8 Å². The average Bonchev–Trinajstić information content (AvgIpc) is 2.02. The van der Waals surface area contributed by atoms with Crippen molar-refractivity contribution in [2.45, 2.75) is 32.4 Å². The highest BCUT2D eigenvalue weighted by Crippen LogP contribution is 2.04. The van der Waals surface area contributed by atoms with E-state index in [1.54, 1.807) is 7.11 Å². The summed E-state index contributed by atoms with van der Waals surface area (Å²) in [6.45, 7) is 8.17. The van der Waals surface area contributed by atoms with Crippen LogP contribution in [0.15, 0.2) is 0 Å². The molecule has 0 aromatic carbocycles. The summed E-state index contributed by atoms with van der Waals surface area (Å²) in [7, 11) is 3.70. The molecule has 1 unspecified atom stereocenters. The lowest BCUT2D eigenvalue weighted by Gasteiger charge is -2.25. The predicted octanol–water partition coefficient (Wildman–Crippen LogP) is 0.609. The molecule has 0 aromatic rings. The van der Waals surface area contributed by atoms with Gasteiger partial charge in [0.25, 0.3) is 0 Å². The first-order valence-electron chi connectivity index (χ1n) is 4.45. The van der Waals surface area contributed by atoms with Gasteiger partial charge >= 0.3 is 0 Å². The molecule has 12 heavy (non-hydrogen) atoms. The molecule has 3 nitrogen and oxygen atoms in total. The molecule has 0 spiro atoms. The van der Waals surface area contributed by atoms with E-state index in [-0.39, 0.29) is 5.60 Å². The van der Waals surface area contributed by atoms with E-state index in [0.717, 1.165) is 13.1 Å². The molecule has 0 amide bonds. The molecule has 0 heterocycles. The van der Waals surface area contributed by atoms with Crippen LogP contribution < -0.4 is 10.6 Å². The quantitative estimate of drug-likeness (QED) is 0.619. The van der Waals surface area contributed by atoms with E-state index in [2.05, 4.69) is 31.4 Å². The zero-order chi connectivity index (χ0) is 9.61. The number of hydrogen-bond acceptors (Lipinski definition) is 3. The van der Waals surface area contributed by atoms with Gasteiger partial charge in [0.05, 0.1) is 5.60 Å². The van der Waals surface area contributed by atoms with Crippen molar-refractivity contribution in [1.82, 2.24) is 10.6 Å². The Balaban J connectivity index is 3.52. The van der Waals surface area contributed by atoms with Crippen LogP contribution in [0.4, 0.5) is 0 Å². The predicted molar refractivity (Wildman–Crippen MR) is 52.5 cm³/mol. The van der Waals surface area contributed by atoms with Crippen LogP contribution in [0.5, 0.6) is 0 Å². The maximum Gasteiger partial charge on any atom is 0.0746 e. The van der Waals surface area contributed by atoms with Crippen molar-refractivity contribution >= 4 is 0 Å². The van der Waals surface area contributed by atoms with Crippen molar-refractivity contribution in [1.29, 1.82) is 0 Å². The van der Waals surface area contributed by atoms with Crippen LogP contribution >= 0.6 is 0 Å². The van der Waals surface area contributed by atoms with Crippen molar-refractivity contribution in [3.8, 4) is 0 Å². The van der Waals surface area contributed by atoms with Gasteiger partial charge in [-0.3, -0.25) is 0 Å². The van der Waals surface area contributed by atoms with Gasteiger partial charge in [0.15, 0.2) is 0 Å². The summed E-state index contributed by atoms with van der Waals surface area (Å²) in [5.74, 6) is 0. The Morgan fingerprint density at radius 3 is 2.42 bits per heavy atom. The number of hydrogen-bond donors (Lipinski definition) is 2. The SMILES string of the molecule is CNCC(C)NCC(C)(C)OC. The molecule has 0 saturated carbocycles. The lowest BCUT2D eigenvalue weighted by Crippen LogP contribution is -2.43. The van der Waals surface area contributed by atoms with Gasteiger partial charge in [-0.15, -0.1) is 0 Å². The van der Waals surface area contributed by atoms with Crippen LogP contribution in [0.25, 0.3) is 0 Å². The maximum absolute atomic E-state index is 5.28. The molecule has 2 N–H and O–H groups in total. The summed E-state index contributed by atoms with van der Waals surface area (Å²) in [6, 6.07) is 0.490. The van der Waals surface area contributed by atoms with Crippen LogP contribution in [-0.4, -0.2) is 38.9 Å². The summed E-state index contributed by atoms with van der Waals surface area (Å²) in [6.07, 6.45) is 0. The minimum Gasteiger partial charge on any atom is -0.377 e. The van der Waals surface area contributed by atoms with Gasteiger partial charge in [0.2, 0.25) is 0 Å². The van der Waals surface area contributed by atoms with Crippen LogP contribution in [0.2, 0.25) is 0 Å². The van der Waals surface area contributed by atoms with Crippen molar-refractivity contribution in [2.24, 2.45) is 0 Å². The maximum atomic E-state index is 5.28. The standard InChI is InChI=1S/C9H22N2O/c1-8(6-10-4)11-7-9(2,3)12-5/h8,10-11H,6-7H2,1-5H3. The fourth-order valence-corrected chi connectivity index (χ4v) is 0.871. The zero-order valence-corrected chi connectivity index (χ0v) is 8.90. The third-order valence-corrected chi connectivity index (χ3v) is 1.94. The van der Waals surface area contributed by atoms with E-state index < -0.39 is 0 Å². The first-order valence-corrected chi connectivity index (χ1v) is 4.45. The summed E-state index contributed by atoms with van der Waals surface area (Å²) in [5.41, 5.74) is -0.0675. The summed E-state index contributed by atoms with van der Waals surface area (Å²) in [4.78, 5) is 0. The zero-order valence-electron chi connectivity index (χ0n) is 8.90. The molecule has 74 valence electrons. The summed E-state index contributed by atoms with van der Waals surface area (Å²) in [5, 5.41) is 6.51. The van der Waals surface area contributed by atoms with E-state index in [1.807, 2.05) is 7.05 Å². The second-order valence-electron chi connectivity index (χ2n) is 3.80. The third kappa shape index (κ3) is 5.52. The van der Waals surface area contributed by atoms with Crippen molar-refractivity contribution in [2.75, 3.05) is 27.2 Å². The fraction of sp³-hybridized carbons (Fsp3) is 1.00. The Morgan fingerprint density at radius 1 is 1.42 bits per heavy atom. The normalized spacial score (nSPS) is 14.8. The van der Waals surface area contributed by atoms with Gasteiger partial charge in [-0.2, -0.15) is 0 Å². The number of ether oxygens (including phenoxy) is 1. The number of likely N-dealkylation sites (N-methyl/N-ethyl adjacent to an activating group) is 1. The van der Waals surface area contributed by atoms with Crippen molar-refractivity contribution in [3.63, 3.8) is 0 Å². The molecule has 0 rings (SSSR count). The molecule has 0 aliphatic heterocycles. The molecular weight excluding hydrogens is 152 g/mol. The molecule has 0 aliphatic carbocycles. The van der Waals surface area contributed by atoms with Crippen molar-refractivity contribution in [3.05, 3.63) is 0 Å². The topological polar surface area (TPSA) is 33.3 Å². The van der Waals surface area contributed by atoms with E-state index >= 15 is 0 Å². The van der Waals surface area contributed by atoms with Crippen LogP contribution in [0, 0.1) is 0 Å². The summed E-state index contributed by atoms with van der Waals surface area (Å²) >= 11 is 0. The fourth-order valence-electron chi connectivity index (χ4n) is 0.871. The Labute approximate surface area is 75.9 Å². The van der Waals surface area contributed by atoms with Gasteiger partial charge in [0.1, 0.15) is 0 Å². The van der Waals surface area contributed by atoms with Crippen LogP contribution in [-0.2, 0) is 4.74 Å². The molecule has 0 aromatic heterocycles. The second kappa shape index (κ2) is 5.51. The molecule has 0 radical (unpaired) electrons. The van der Waals surface area contributed by atoms with Gasteiger partial charge in [0, 0.05) is 26.2 Å². The molecule has 0 bridgehead atoms. The molecule has 0 aliphatic rings. The lowest BCUT2D eigenvalue weighted by atomic mass is 10.1. The highest BCUT2D eigenvalue weighted by Gasteiger charge is 2.16. The highest BCUT2D eigenvalue weighted by atomic mass is 16.5.